The molecule has 2 rings (SSSR count). The Morgan fingerprint density at radius 2 is 2.00 bits per heavy atom. The third kappa shape index (κ3) is 3.38. The highest BCUT2D eigenvalue weighted by Crippen LogP contribution is 2.28. The van der Waals surface area contributed by atoms with Crippen molar-refractivity contribution in [2.45, 2.75) is 38.5 Å². The third-order valence-electron chi connectivity index (χ3n) is 3.43. The van der Waals surface area contributed by atoms with E-state index in [9.17, 15) is 9.18 Å². The van der Waals surface area contributed by atoms with Crippen LogP contribution < -0.4 is 0 Å². The first kappa shape index (κ1) is 12.7. The molecule has 92 valence electrons. The number of carbonyl (C=O) groups excluding carboxylic acids is 1. The third-order valence-corrected chi connectivity index (χ3v) is 3.92. The molecule has 0 saturated heterocycles. The minimum atomic E-state index is -0.408. The lowest BCUT2D eigenvalue weighted by Crippen LogP contribution is -2.13. The second-order valence-corrected chi connectivity index (χ2v) is 5.67. The molecule has 0 atom stereocenters. The Labute approximate surface area is 110 Å². The molecule has 0 spiro atoms. The summed E-state index contributed by atoms with van der Waals surface area (Å²) in [7, 11) is 0. The average molecular weight is 299 g/mol. The Morgan fingerprint density at radius 1 is 1.29 bits per heavy atom. The molecule has 1 saturated carbocycles. The van der Waals surface area contributed by atoms with Crippen LogP contribution in [0.2, 0.25) is 0 Å². The van der Waals surface area contributed by atoms with Gasteiger partial charge in [-0.3, -0.25) is 4.79 Å². The first-order valence-electron chi connectivity index (χ1n) is 6.15. The van der Waals surface area contributed by atoms with E-state index in [2.05, 4.69) is 15.9 Å². The normalized spacial score (nSPS) is 17.1. The minimum absolute atomic E-state index is 0.0595. The fourth-order valence-electron chi connectivity index (χ4n) is 2.47. The van der Waals surface area contributed by atoms with Gasteiger partial charge in [-0.2, -0.15) is 0 Å². The zero-order valence-electron chi connectivity index (χ0n) is 9.72. The molecule has 1 nitrogen and oxygen atoms in total. The van der Waals surface area contributed by atoms with E-state index in [0.717, 1.165) is 17.3 Å². The van der Waals surface area contributed by atoms with Gasteiger partial charge in [0.15, 0.2) is 5.78 Å². The lowest BCUT2D eigenvalue weighted by atomic mass is 9.85. The summed E-state index contributed by atoms with van der Waals surface area (Å²) >= 11 is 3.27. The number of hydrogen-bond donors (Lipinski definition) is 0. The first-order valence-corrected chi connectivity index (χ1v) is 6.94. The second kappa shape index (κ2) is 5.76. The Kier molecular flexibility index (Phi) is 4.32. The van der Waals surface area contributed by atoms with Gasteiger partial charge in [0.1, 0.15) is 5.82 Å². The first-order chi connectivity index (χ1) is 8.16. The van der Waals surface area contributed by atoms with E-state index < -0.39 is 5.82 Å². The van der Waals surface area contributed by atoms with Gasteiger partial charge in [0.2, 0.25) is 0 Å². The van der Waals surface area contributed by atoms with Crippen LogP contribution in [-0.2, 0) is 0 Å². The summed E-state index contributed by atoms with van der Waals surface area (Å²) in [6.45, 7) is 0. The second-order valence-electron chi connectivity index (χ2n) is 4.76. The monoisotopic (exact) mass is 298 g/mol. The van der Waals surface area contributed by atoms with Gasteiger partial charge in [0.05, 0.1) is 5.56 Å². The van der Waals surface area contributed by atoms with E-state index in [4.69, 9.17) is 0 Å². The maximum Gasteiger partial charge on any atom is 0.166 e. The van der Waals surface area contributed by atoms with Crippen molar-refractivity contribution in [3.05, 3.63) is 34.1 Å². The number of carbonyl (C=O) groups is 1. The van der Waals surface area contributed by atoms with Crippen LogP contribution in [0.1, 0.15) is 48.9 Å². The van der Waals surface area contributed by atoms with Crippen molar-refractivity contribution < 1.29 is 9.18 Å². The molecule has 0 aliphatic heterocycles. The van der Waals surface area contributed by atoms with Crippen molar-refractivity contribution >= 4 is 21.7 Å². The van der Waals surface area contributed by atoms with Crippen LogP contribution in [0.15, 0.2) is 22.7 Å². The Bertz CT molecular complexity index is 411. The Balaban J connectivity index is 2.05. The minimum Gasteiger partial charge on any atom is -0.294 e. The summed E-state index contributed by atoms with van der Waals surface area (Å²) in [5.41, 5.74) is 0.227. The molecule has 0 amide bonds. The molecule has 0 unspecified atom stereocenters. The van der Waals surface area contributed by atoms with E-state index in [0.29, 0.717) is 12.3 Å². The number of hydrogen-bond acceptors (Lipinski definition) is 1. The molecular weight excluding hydrogens is 283 g/mol. The number of ketones is 1. The van der Waals surface area contributed by atoms with E-state index in [1.54, 1.807) is 12.1 Å². The molecule has 0 N–H and O–H groups in total. The van der Waals surface area contributed by atoms with Crippen LogP contribution in [0, 0.1) is 11.7 Å². The summed E-state index contributed by atoms with van der Waals surface area (Å²) in [6.07, 6.45) is 6.41. The SMILES string of the molecule is O=C(CC1CCCCC1)c1cc(Br)ccc1F. The van der Waals surface area contributed by atoms with Crippen LogP contribution in [0.3, 0.4) is 0 Å². The maximum atomic E-state index is 13.5. The van der Waals surface area contributed by atoms with Gasteiger partial charge >= 0.3 is 0 Å². The number of rotatable bonds is 3. The van der Waals surface area contributed by atoms with Crippen LogP contribution in [0.5, 0.6) is 0 Å². The number of halogens is 2. The van der Waals surface area contributed by atoms with Crippen molar-refractivity contribution in [3.8, 4) is 0 Å². The van der Waals surface area contributed by atoms with Gasteiger partial charge in [-0.1, -0.05) is 48.0 Å². The largest absolute Gasteiger partial charge is 0.294 e. The lowest BCUT2D eigenvalue weighted by Gasteiger charge is -2.20. The standard InChI is InChI=1S/C14H16BrFO/c15-11-6-7-13(16)12(9-11)14(17)8-10-4-2-1-3-5-10/h6-7,9-10H,1-5,8H2. The fourth-order valence-corrected chi connectivity index (χ4v) is 2.84. The molecule has 17 heavy (non-hydrogen) atoms. The highest BCUT2D eigenvalue weighted by Gasteiger charge is 2.20. The van der Waals surface area contributed by atoms with E-state index in [1.807, 2.05) is 0 Å². The van der Waals surface area contributed by atoms with Crippen molar-refractivity contribution in [2.75, 3.05) is 0 Å². The fraction of sp³-hybridized carbons (Fsp3) is 0.500. The Morgan fingerprint density at radius 3 is 2.71 bits per heavy atom. The highest BCUT2D eigenvalue weighted by molar-refractivity contribution is 9.10. The molecule has 0 aromatic heterocycles. The molecular formula is C14H16BrFO. The quantitative estimate of drug-likeness (QED) is 0.737. The number of Topliss-reactive ketones (excluding diaryl/α,β-unsaturated/α-hetero) is 1. The average Bonchev–Trinajstić information content (AvgIpc) is 2.33. The van der Waals surface area contributed by atoms with E-state index in [-0.39, 0.29) is 11.3 Å². The predicted molar refractivity (Wildman–Crippen MR) is 69.6 cm³/mol. The van der Waals surface area contributed by atoms with E-state index in [1.165, 1.54) is 25.3 Å². The van der Waals surface area contributed by atoms with Gasteiger partial charge in [0.25, 0.3) is 0 Å². The smallest absolute Gasteiger partial charge is 0.166 e. The van der Waals surface area contributed by atoms with Gasteiger partial charge in [-0.15, -0.1) is 0 Å². The highest BCUT2D eigenvalue weighted by atomic mass is 79.9. The molecule has 1 aliphatic rings. The maximum absolute atomic E-state index is 13.5. The van der Waals surface area contributed by atoms with Crippen LogP contribution in [0.25, 0.3) is 0 Å². The molecule has 1 aliphatic carbocycles. The summed E-state index contributed by atoms with van der Waals surface area (Å²) in [5.74, 6) is -0.0145. The molecule has 1 aromatic rings. The summed E-state index contributed by atoms with van der Waals surface area (Å²) in [5, 5.41) is 0. The van der Waals surface area contributed by atoms with Crippen molar-refractivity contribution in [1.82, 2.24) is 0 Å². The zero-order chi connectivity index (χ0) is 12.3. The summed E-state index contributed by atoms with van der Waals surface area (Å²) in [4.78, 5) is 12.0. The summed E-state index contributed by atoms with van der Waals surface area (Å²) in [6, 6.07) is 4.55. The lowest BCUT2D eigenvalue weighted by molar-refractivity contribution is 0.0946. The summed E-state index contributed by atoms with van der Waals surface area (Å²) < 4.78 is 14.3. The molecule has 0 heterocycles. The topological polar surface area (TPSA) is 17.1 Å². The van der Waals surface area contributed by atoms with Crippen LogP contribution in [-0.4, -0.2) is 5.78 Å². The Hall–Kier alpha value is -0.700. The van der Waals surface area contributed by atoms with Crippen molar-refractivity contribution in [3.63, 3.8) is 0 Å². The van der Waals surface area contributed by atoms with Crippen LogP contribution in [0.4, 0.5) is 4.39 Å². The molecule has 0 radical (unpaired) electrons. The molecule has 1 fully saturated rings. The van der Waals surface area contributed by atoms with Gasteiger partial charge in [0, 0.05) is 10.9 Å². The van der Waals surface area contributed by atoms with Gasteiger partial charge < -0.3 is 0 Å². The van der Waals surface area contributed by atoms with Crippen molar-refractivity contribution in [2.24, 2.45) is 5.92 Å². The van der Waals surface area contributed by atoms with E-state index >= 15 is 0 Å². The predicted octanol–water partition coefficient (Wildman–Crippen LogP) is 4.74. The molecule has 1 aromatic carbocycles. The number of benzene rings is 1. The van der Waals surface area contributed by atoms with Gasteiger partial charge in [-0.25, -0.2) is 4.39 Å². The van der Waals surface area contributed by atoms with Gasteiger partial charge in [-0.05, 0) is 24.1 Å². The molecule has 0 bridgehead atoms. The zero-order valence-corrected chi connectivity index (χ0v) is 11.3. The van der Waals surface area contributed by atoms with Crippen molar-refractivity contribution in [1.29, 1.82) is 0 Å². The molecule has 3 heteroatoms. The van der Waals surface area contributed by atoms with Crippen LogP contribution >= 0.6 is 15.9 Å².